The molecule has 0 bridgehead atoms. The highest BCUT2D eigenvalue weighted by Crippen LogP contribution is 2.24. The molecule has 0 saturated heterocycles. The molecule has 0 heterocycles. The lowest BCUT2D eigenvalue weighted by atomic mass is 10.2. The van der Waals surface area contributed by atoms with Crippen LogP contribution < -0.4 is 4.74 Å². The van der Waals surface area contributed by atoms with Gasteiger partial charge in [-0.3, -0.25) is 0 Å². The average molecular weight is 257 g/mol. The van der Waals surface area contributed by atoms with E-state index in [1.54, 1.807) is 25.1 Å². The molecule has 0 atom stereocenters. The number of allylic oxidation sites excluding steroid dienone is 1. The number of hydrogen-bond donors (Lipinski definition) is 1. The second kappa shape index (κ2) is 6.27. The molecule has 0 saturated carbocycles. The number of carbonyl (C=O) groups is 1. The summed E-state index contributed by atoms with van der Waals surface area (Å²) in [6, 6.07) is 4.77. The molecular weight excluding hydrogens is 244 g/mol. The van der Waals surface area contributed by atoms with Crippen molar-refractivity contribution >= 4 is 17.6 Å². The Morgan fingerprint density at radius 1 is 1.53 bits per heavy atom. The quantitative estimate of drug-likeness (QED) is 0.510. The summed E-state index contributed by atoms with van der Waals surface area (Å²) >= 11 is 5.78. The number of hydrogen-bond acceptors (Lipinski definition) is 4. The van der Waals surface area contributed by atoms with Gasteiger partial charge in [-0.2, -0.15) is 0 Å². The standard InChI is InChI=1S/C12H13ClO4/c1-3-10(12(15)16-2)17-11-5-4-9(13)6-8(11)7-14/h3-6,14H,7H2,1-2H3. The molecule has 0 amide bonds. The number of methoxy groups -OCH3 is 1. The van der Waals surface area contributed by atoms with Gasteiger partial charge in [-0.1, -0.05) is 11.6 Å². The number of benzene rings is 1. The van der Waals surface area contributed by atoms with E-state index in [0.29, 0.717) is 16.3 Å². The highest BCUT2D eigenvalue weighted by Gasteiger charge is 2.13. The third-order valence-electron chi connectivity index (χ3n) is 2.06. The largest absolute Gasteiger partial charge is 0.463 e. The third-order valence-corrected chi connectivity index (χ3v) is 2.30. The smallest absolute Gasteiger partial charge is 0.373 e. The topological polar surface area (TPSA) is 55.8 Å². The predicted molar refractivity (Wildman–Crippen MR) is 63.8 cm³/mol. The summed E-state index contributed by atoms with van der Waals surface area (Å²) in [5.74, 6) is -0.147. The Balaban J connectivity index is 2.98. The third kappa shape index (κ3) is 3.47. The fraction of sp³-hybridized carbons (Fsp3) is 0.250. The number of aliphatic hydroxyl groups excluding tert-OH is 1. The molecule has 1 rings (SSSR count). The maximum atomic E-state index is 11.3. The van der Waals surface area contributed by atoms with Crippen molar-refractivity contribution in [1.29, 1.82) is 0 Å². The summed E-state index contributed by atoms with van der Waals surface area (Å²) in [6.45, 7) is 1.43. The highest BCUT2D eigenvalue weighted by molar-refractivity contribution is 6.30. The first-order chi connectivity index (χ1) is 8.12. The van der Waals surface area contributed by atoms with Crippen LogP contribution in [0.5, 0.6) is 5.75 Å². The van der Waals surface area contributed by atoms with Crippen molar-refractivity contribution in [2.75, 3.05) is 7.11 Å². The molecule has 92 valence electrons. The molecule has 1 aromatic rings. The minimum absolute atomic E-state index is 0.0597. The second-order valence-electron chi connectivity index (χ2n) is 3.16. The van der Waals surface area contributed by atoms with Crippen molar-refractivity contribution in [2.24, 2.45) is 0 Å². The summed E-state index contributed by atoms with van der Waals surface area (Å²) < 4.78 is 9.91. The van der Waals surface area contributed by atoms with E-state index < -0.39 is 5.97 Å². The Morgan fingerprint density at radius 3 is 2.76 bits per heavy atom. The molecule has 0 aromatic heterocycles. The van der Waals surface area contributed by atoms with Gasteiger partial charge < -0.3 is 14.6 Å². The maximum Gasteiger partial charge on any atom is 0.373 e. The molecule has 0 fully saturated rings. The van der Waals surface area contributed by atoms with E-state index in [1.165, 1.54) is 13.2 Å². The van der Waals surface area contributed by atoms with Gasteiger partial charge in [0.25, 0.3) is 0 Å². The number of halogens is 1. The van der Waals surface area contributed by atoms with E-state index in [4.69, 9.17) is 21.4 Å². The first-order valence-corrected chi connectivity index (χ1v) is 5.32. The Labute approximate surface area is 104 Å². The van der Waals surface area contributed by atoms with Gasteiger partial charge in [-0.05, 0) is 31.2 Å². The summed E-state index contributed by atoms with van der Waals surface area (Å²) in [6.07, 6.45) is 1.49. The van der Waals surface area contributed by atoms with Crippen LogP contribution in [0.15, 0.2) is 30.0 Å². The molecule has 1 aromatic carbocycles. The zero-order valence-electron chi connectivity index (χ0n) is 9.57. The molecule has 0 spiro atoms. The SMILES string of the molecule is CC=C(Oc1ccc(Cl)cc1CO)C(=O)OC. The van der Waals surface area contributed by atoms with Crippen LogP contribution in [-0.4, -0.2) is 18.2 Å². The van der Waals surface area contributed by atoms with Gasteiger partial charge in [0, 0.05) is 10.6 Å². The molecular formula is C12H13ClO4. The number of aliphatic hydroxyl groups is 1. The van der Waals surface area contributed by atoms with Crippen molar-refractivity contribution in [3.63, 3.8) is 0 Å². The summed E-state index contributed by atoms with van der Waals surface area (Å²) in [5, 5.41) is 9.64. The number of rotatable bonds is 4. The first-order valence-electron chi connectivity index (χ1n) is 4.94. The van der Waals surface area contributed by atoms with Crippen LogP contribution in [0.1, 0.15) is 12.5 Å². The monoisotopic (exact) mass is 256 g/mol. The van der Waals surface area contributed by atoms with Gasteiger partial charge in [0.15, 0.2) is 0 Å². The van der Waals surface area contributed by atoms with Crippen LogP contribution in [0.4, 0.5) is 0 Å². The van der Waals surface area contributed by atoms with E-state index in [-0.39, 0.29) is 12.4 Å². The Bertz CT molecular complexity index is 440. The lowest BCUT2D eigenvalue weighted by Crippen LogP contribution is -2.11. The Morgan fingerprint density at radius 2 is 2.24 bits per heavy atom. The van der Waals surface area contributed by atoms with Crippen LogP contribution in [0.3, 0.4) is 0 Å². The highest BCUT2D eigenvalue weighted by atomic mass is 35.5. The summed E-state index contributed by atoms with van der Waals surface area (Å²) in [5.41, 5.74) is 0.501. The number of esters is 1. The van der Waals surface area contributed by atoms with Crippen molar-refractivity contribution in [3.05, 3.63) is 40.6 Å². The molecule has 0 aliphatic heterocycles. The van der Waals surface area contributed by atoms with Gasteiger partial charge in [0.05, 0.1) is 13.7 Å². The lowest BCUT2D eigenvalue weighted by Gasteiger charge is -2.11. The van der Waals surface area contributed by atoms with Crippen LogP contribution >= 0.6 is 11.6 Å². The van der Waals surface area contributed by atoms with Crippen molar-refractivity contribution < 1.29 is 19.4 Å². The van der Waals surface area contributed by atoms with Crippen LogP contribution in [0.2, 0.25) is 5.02 Å². The minimum atomic E-state index is -0.577. The molecule has 0 aliphatic rings. The molecule has 0 radical (unpaired) electrons. The molecule has 17 heavy (non-hydrogen) atoms. The van der Waals surface area contributed by atoms with Crippen molar-refractivity contribution in [1.82, 2.24) is 0 Å². The maximum absolute atomic E-state index is 11.3. The molecule has 4 nitrogen and oxygen atoms in total. The van der Waals surface area contributed by atoms with Crippen LogP contribution in [0.25, 0.3) is 0 Å². The van der Waals surface area contributed by atoms with E-state index in [9.17, 15) is 4.79 Å². The molecule has 5 heteroatoms. The van der Waals surface area contributed by atoms with Crippen LogP contribution in [0, 0.1) is 0 Å². The van der Waals surface area contributed by atoms with Gasteiger partial charge >= 0.3 is 5.97 Å². The van der Waals surface area contributed by atoms with Gasteiger partial charge in [-0.15, -0.1) is 0 Å². The first kappa shape index (κ1) is 13.5. The summed E-state index contributed by atoms with van der Waals surface area (Å²) in [4.78, 5) is 11.3. The molecule has 0 aliphatic carbocycles. The normalized spacial score (nSPS) is 11.2. The Hall–Kier alpha value is -1.52. The summed E-state index contributed by atoms with van der Waals surface area (Å²) in [7, 11) is 1.27. The molecule has 1 N–H and O–H groups in total. The van der Waals surface area contributed by atoms with Gasteiger partial charge in [0.1, 0.15) is 5.75 Å². The average Bonchev–Trinajstić information content (AvgIpc) is 2.36. The van der Waals surface area contributed by atoms with Gasteiger partial charge in [-0.25, -0.2) is 4.79 Å². The van der Waals surface area contributed by atoms with Crippen LogP contribution in [-0.2, 0) is 16.1 Å². The van der Waals surface area contributed by atoms with Gasteiger partial charge in [0.2, 0.25) is 5.76 Å². The number of ether oxygens (including phenoxy) is 2. The fourth-order valence-corrected chi connectivity index (χ4v) is 1.40. The molecule has 0 unspecified atom stereocenters. The van der Waals surface area contributed by atoms with Crippen molar-refractivity contribution in [2.45, 2.75) is 13.5 Å². The predicted octanol–water partition coefficient (Wildman–Crippen LogP) is 2.29. The zero-order chi connectivity index (χ0) is 12.8. The van der Waals surface area contributed by atoms with Crippen molar-refractivity contribution in [3.8, 4) is 5.75 Å². The second-order valence-corrected chi connectivity index (χ2v) is 3.59. The van der Waals surface area contributed by atoms with E-state index in [1.807, 2.05) is 0 Å². The lowest BCUT2D eigenvalue weighted by molar-refractivity contribution is -0.138. The van der Waals surface area contributed by atoms with E-state index in [2.05, 4.69) is 4.74 Å². The minimum Gasteiger partial charge on any atom is -0.463 e. The zero-order valence-corrected chi connectivity index (χ0v) is 10.3. The van der Waals surface area contributed by atoms with E-state index >= 15 is 0 Å². The number of carbonyl (C=O) groups excluding carboxylic acids is 1. The Kier molecular flexibility index (Phi) is 5.00. The van der Waals surface area contributed by atoms with E-state index in [0.717, 1.165) is 0 Å². The fourth-order valence-electron chi connectivity index (χ4n) is 1.21.